The Morgan fingerprint density at radius 2 is 1.96 bits per heavy atom. The lowest BCUT2D eigenvalue weighted by Gasteiger charge is -2.12. The Kier molecular flexibility index (Phi) is 6.14. The summed E-state index contributed by atoms with van der Waals surface area (Å²) >= 11 is 1.59. The average molecular weight is 344 g/mol. The molecule has 0 fully saturated rings. The van der Waals surface area contributed by atoms with Crippen LogP contribution in [0.1, 0.15) is 18.1 Å². The van der Waals surface area contributed by atoms with Crippen LogP contribution in [0.5, 0.6) is 11.5 Å². The second kappa shape index (κ2) is 8.31. The zero-order valence-corrected chi connectivity index (χ0v) is 14.2. The molecule has 0 aliphatic heterocycles. The molecule has 0 aliphatic carbocycles. The van der Waals surface area contributed by atoms with Crippen molar-refractivity contribution in [2.45, 2.75) is 17.6 Å². The summed E-state index contributed by atoms with van der Waals surface area (Å²) in [6.45, 7) is 2.25. The Morgan fingerprint density at radius 3 is 2.58 bits per heavy atom. The minimum Gasteiger partial charge on any atom is -0.504 e. The van der Waals surface area contributed by atoms with Crippen LogP contribution in [0.3, 0.4) is 0 Å². The highest BCUT2D eigenvalue weighted by molar-refractivity contribution is 7.98. The van der Waals surface area contributed by atoms with Crippen molar-refractivity contribution in [3.05, 3.63) is 59.3 Å². The van der Waals surface area contributed by atoms with E-state index in [1.165, 1.54) is 6.08 Å². The second-order valence-corrected chi connectivity index (χ2v) is 6.07. The maximum Gasteiger partial charge on any atom is 0.264 e. The molecule has 2 aromatic carbocycles. The number of nitrogens with two attached hydrogens (primary N) is 2. The molecule has 2 rings (SSSR count). The van der Waals surface area contributed by atoms with Gasteiger partial charge in [-0.15, -0.1) is 11.8 Å². The fraction of sp³-hybridized carbons (Fsp3) is 0.167. The number of aromatic hydroxyl groups is 1. The monoisotopic (exact) mass is 344 g/mol. The van der Waals surface area contributed by atoms with Gasteiger partial charge in [0.1, 0.15) is 0 Å². The molecule has 126 valence electrons. The lowest BCUT2D eigenvalue weighted by atomic mass is 10.1. The zero-order valence-electron chi connectivity index (χ0n) is 13.4. The number of hydrogen-bond donors (Lipinski definition) is 3. The van der Waals surface area contributed by atoms with Crippen LogP contribution < -0.4 is 16.2 Å². The summed E-state index contributed by atoms with van der Waals surface area (Å²) in [5, 5.41) is 10.4. The van der Waals surface area contributed by atoms with Gasteiger partial charge in [-0.1, -0.05) is 18.2 Å². The third-order valence-electron chi connectivity index (χ3n) is 3.22. The fourth-order valence-corrected chi connectivity index (χ4v) is 2.97. The van der Waals surface area contributed by atoms with Gasteiger partial charge in [-0.3, -0.25) is 4.79 Å². The van der Waals surface area contributed by atoms with E-state index in [0.29, 0.717) is 29.2 Å². The lowest BCUT2D eigenvalue weighted by molar-refractivity contribution is -0.114. The number of hydrogen-bond acceptors (Lipinski definition) is 5. The first-order valence-corrected chi connectivity index (χ1v) is 8.43. The van der Waals surface area contributed by atoms with Crippen LogP contribution in [0, 0.1) is 0 Å². The molecule has 0 atom stereocenters. The van der Waals surface area contributed by atoms with Crippen LogP contribution in [0.4, 0.5) is 0 Å². The molecule has 24 heavy (non-hydrogen) atoms. The average Bonchev–Trinajstić information content (AvgIpc) is 2.57. The Morgan fingerprint density at radius 1 is 1.25 bits per heavy atom. The first kappa shape index (κ1) is 17.7. The molecule has 2 aromatic rings. The van der Waals surface area contributed by atoms with Crippen molar-refractivity contribution in [3.63, 3.8) is 0 Å². The number of amides is 1. The maximum absolute atomic E-state index is 11.1. The topological polar surface area (TPSA) is 98.6 Å². The Bertz CT molecular complexity index is 745. The van der Waals surface area contributed by atoms with Crippen molar-refractivity contribution >= 4 is 23.7 Å². The fourth-order valence-electron chi connectivity index (χ4n) is 2.08. The zero-order chi connectivity index (χ0) is 17.5. The van der Waals surface area contributed by atoms with Gasteiger partial charge in [0.15, 0.2) is 11.5 Å². The van der Waals surface area contributed by atoms with Gasteiger partial charge in [-0.2, -0.15) is 0 Å². The standard InChI is InChI=1S/C18H20N2O3S/c1-2-23-16-10-12(9-15(19)18(20)22)8-13(17(16)21)11-24-14-6-4-3-5-7-14/h3-10,21H,2,11,19H2,1H3,(H2,20,22)/b15-9+. The summed E-state index contributed by atoms with van der Waals surface area (Å²) in [6, 6.07) is 13.3. The quantitative estimate of drug-likeness (QED) is 0.530. The number of carbonyl (C=O) groups excluding carboxylic acids is 1. The van der Waals surface area contributed by atoms with Crippen molar-refractivity contribution in [1.82, 2.24) is 0 Å². The number of phenolic OH excluding ortho intramolecular Hbond substituents is 1. The molecule has 0 bridgehead atoms. The maximum atomic E-state index is 11.1. The van der Waals surface area contributed by atoms with Crippen molar-refractivity contribution in [1.29, 1.82) is 0 Å². The molecular weight excluding hydrogens is 324 g/mol. The van der Waals surface area contributed by atoms with E-state index in [-0.39, 0.29) is 11.4 Å². The molecule has 0 aliphatic rings. The summed E-state index contributed by atoms with van der Waals surface area (Å²) in [4.78, 5) is 12.2. The van der Waals surface area contributed by atoms with E-state index in [1.54, 1.807) is 23.9 Å². The molecule has 0 radical (unpaired) electrons. The molecule has 0 saturated carbocycles. The van der Waals surface area contributed by atoms with E-state index in [9.17, 15) is 9.90 Å². The molecule has 6 heteroatoms. The predicted octanol–water partition coefficient (Wildman–Crippen LogP) is 2.87. The molecule has 0 saturated heterocycles. The molecule has 0 heterocycles. The summed E-state index contributed by atoms with van der Waals surface area (Å²) in [5.41, 5.74) is 12.1. The molecule has 5 nitrogen and oxygen atoms in total. The highest BCUT2D eigenvalue weighted by Crippen LogP contribution is 2.36. The molecule has 0 unspecified atom stereocenters. The Labute approximate surface area is 145 Å². The predicted molar refractivity (Wildman–Crippen MR) is 96.6 cm³/mol. The van der Waals surface area contributed by atoms with Crippen molar-refractivity contribution in [2.24, 2.45) is 11.5 Å². The number of ether oxygens (including phenoxy) is 1. The first-order chi connectivity index (χ1) is 11.5. The first-order valence-electron chi connectivity index (χ1n) is 7.44. The van der Waals surface area contributed by atoms with Crippen LogP contribution in [0.25, 0.3) is 6.08 Å². The van der Waals surface area contributed by atoms with Crippen LogP contribution in [-0.2, 0) is 10.5 Å². The third kappa shape index (κ3) is 4.70. The number of thioether (sulfide) groups is 1. The summed E-state index contributed by atoms with van der Waals surface area (Å²) in [7, 11) is 0. The highest BCUT2D eigenvalue weighted by Gasteiger charge is 2.12. The highest BCUT2D eigenvalue weighted by atomic mass is 32.2. The van der Waals surface area contributed by atoms with E-state index in [1.807, 2.05) is 37.3 Å². The summed E-state index contributed by atoms with van der Waals surface area (Å²) in [5.74, 6) is 0.303. The van der Waals surface area contributed by atoms with E-state index in [4.69, 9.17) is 16.2 Å². The van der Waals surface area contributed by atoms with Crippen molar-refractivity contribution in [3.8, 4) is 11.5 Å². The van der Waals surface area contributed by atoms with Gasteiger partial charge < -0.3 is 21.3 Å². The molecule has 1 amide bonds. The van der Waals surface area contributed by atoms with Crippen LogP contribution >= 0.6 is 11.8 Å². The van der Waals surface area contributed by atoms with Gasteiger partial charge in [0.2, 0.25) is 0 Å². The van der Waals surface area contributed by atoms with Crippen LogP contribution in [0.15, 0.2) is 53.1 Å². The second-order valence-electron chi connectivity index (χ2n) is 5.03. The minimum absolute atomic E-state index is 0.0511. The largest absolute Gasteiger partial charge is 0.504 e. The van der Waals surface area contributed by atoms with Gasteiger partial charge in [0, 0.05) is 16.2 Å². The summed E-state index contributed by atoms with van der Waals surface area (Å²) in [6.07, 6.45) is 1.47. The smallest absolute Gasteiger partial charge is 0.264 e. The summed E-state index contributed by atoms with van der Waals surface area (Å²) < 4.78 is 5.47. The molecule has 0 aromatic heterocycles. The Hall–Kier alpha value is -2.60. The normalized spacial score (nSPS) is 11.3. The Balaban J connectivity index is 2.32. The van der Waals surface area contributed by atoms with E-state index < -0.39 is 5.91 Å². The number of benzene rings is 2. The number of carbonyl (C=O) groups is 1. The van der Waals surface area contributed by atoms with Crippen LogP contribution in [-0.4, -0.2) is 17.6 Å². The van der Waals surface area contributed by atoms with Gasteiger partial charge in [0.05, 0.1) is 12.3 Å². The van der Waals surface area contributed by atoms with Crippen molar-refractivity contribution in [2.75, 3.05) is 6.61 Å². The van der Waals surface area contributed by atoms with Crippen LogP contribution in [0.2, 0.25) is 0 Å². The van der Waals surface area contributed by atoms with Gasteiger partial charge in [-0.05, 0) is 42.8 Å². The number of rotatable bonds is 7. The van der Waals surface area contributed by atoms with Gasteiger partial charge in [0.25, 0.3) is 5.91 Å². The van der Waals surface area contributed by atoms with E-state index in [0.717, 1.165) is 4.90 Å². The molecule has 0 spiro atoms. The SMILES string of the molecule is CCOc1cc(/C=C(/N)C(N)=O)cc(CSc2ccccc2)c1O. The molecular formula is C18H20N2O3S. The van der Waals surface area contributed by atoms with E-state index in [2.05, 4.69) is 0 Å². The lowest BCUT2D eigenvalue weighted by Crippen LogP contribution is -2.19. The van der Waals surface area contributed by atoms with Gasteiger partial charge >= 0.3 is 0 Å². The van der Waals surface area contributed by atoms with Crippen molar-refractivity contribution < 1.29 is 14.6 Å². The third-order valence-corrected chi connectivity index (χ3v) is 4.28. The van der Waals surface area contributed by atoms with E-state index >= 15 is 0 Å². The minimum atomic E-state index is -0.693. The molecule has 5 N–H and O–H groups in total. The number of primary amides is 1. The number of phenols is 1. The van der Waals surface area contributed by atoms with Gasteiger partial charge in [-0.25, -0.2) is 0 Å².